The Kier molecular flexibility index (Phi) is 4.30. The van der Waals surface area contributed by atoms with Gasteiger partial charge in [0.15, 0.2) is 10.2 Å². The van der Waals surface area contributed by atoms with E-state index in [0.717, 1.165) is 42.0 Å². The number of aromatic nitrogens is 5. The average Bonchev–Trinajstić information content (AvgIpc) is 3.23. The van der Waals surface area contributed by atoms with Crippen LogP contribution in [-0.4, -0.2) is 24.7 Å². The average molecular weight is 424 g/mol. The fourth-order valence-corrected chi connectivity index (χ4v) is 5.24. The number of thiazole rings is 1. The highest BCUT2D eigenvalue weighted by Crippen LogP contribution is 2.36. The van der Waals surface area contributed by atoms with Gasteiger partial charge in [-0.1, -0.05) is 23.7 Å². The first-order valence-electron chi connectivity index (χ1n) is 8.61. The number of fused-ring (bicyclic) bond motifs is 2. The molecule has 0 aliphatic rings. The van der Waals surface area contributed by atoms with Crippen molar-refractivity contribution in [2.45, 2.75) is 23.2 Å². The van der Waals surface area contributed by atoms with E-state index in [0.29, 0.717) is 10.8 Å². The molecular formula is C20H14ClN5S2. The molecule has 28 heavy (non-hydrogen) atoms. The number of para-hydroxylation sites is 1. The molecule has 0 bridgehead atoms. The summed E-state index contributed by atoms with van der Waals surface area (Å²) < 4.78 is 3.91. The van der Waals surface area contributed by atoms with Crippen LogP contribution in [0.15, 0.2) is 57.9 Å². The minimum Gasteiger partial charge on any atom is -0.235 e. The molecule has 0 amide bonds. The second kappa shape index (κ2) is 6.84. The zero-order valence-electron chi connectivity index (χ0n) is 15.0. The molecule has 138 valence electrons. The molecule has 8 heteroatoms. The lowest BCUT2D eigenvalue weighted by Crippen LogP contribution is -2.06. The van der Waals surface area contributed by atoms with E-state index in [9.17, 15) is 0 Å². The number of hydrogen-bond acceptors (Lipinski definition) is 6. The van der Waals surface area contributed by atoms with E-state index in [1.165, 1.54) is 11.8 Å². The van der Waals surface area contributed by atoms with Crippen LogP contribution in [0, 0.1) is 13.8 Å². The maximum absolute atomic E-state index is 6.16. The number of nitrogens with zero attached hydrogens (tertiary/aromatic N) is 5. The van der Waals surface area contributed by atoms with E-state index in [1.54, 1.807) is 11.3 Å². The number of aryl methyl sites for hydroxylation is 2. The fourth-order valence-electron chi connectivity index (χ4n) is 3.03. The van der Waals surface area contributed by atoms with Gasteiger partial charge >= 0.3 is 0 Å². The molecule has 0 aliphatic carbocycles. The van der Waals surface area contributed by atoms with Gasteiger partial charge in [-0.25, -0.2) is 19.6 Å². The van der Waals surface area contributed by atoms with Crippen molar-refractivity contribution in [1.82, 2.24) is 24.7 Å². The highest BCUT2D eigenvalue weighted by Gasteiger charge is 2.17. The molecule has 0 saturated heterocycles. The monoisotopic (exact) mass is 423 g/mol. The molecule has 5 rings (SSSR count). The first kappa shape index (κ1) is 17.6. The van der Waals surface area contributed by atoms with Crippen LogP contribution in [0.25, 0.3) is 27.1 Å². The molecule has 0 N–H and O–H groups in total. The summed E-state index contributed by atoms with van der Waals surface area (Å²) in [4.78, 5) is 14.4. The third-order valence-electron chi connectivity index (χ3n) is 4.25. The summed E-state index contributed by atoms with van der Waals surface area (Å²) in [6.07, 6.45) is 0. The van der Waals surface area contributed by atoms with Gasteiger partial charge in [-0.05, 0) is 62.0 Å². The number of hydrogen-bond donors (Lipinski definition) is 0. The Morgan fingerprint density at radius 3 is 2.57 bits per heavy atom. The van der Waals surface area contributed by atoms with E-state index in [-0.39, 0.29) is 0 Å². The molecule has 0 spiro atoms. The van der Waals surface area contributed by atoms with Crippen LogP contribution in [0.5, 0.6) is 0 Å². The predicted octanol–water partition coefficient (Wildman–Crippen LogP) is 5.85. The molecule has 3 aromatic heterocycles. The van der Waals surface area contributed by atoms with Crippen LogP contribution >= 0.6 is 34.7 Å². The van der Waals surface area contributed by atoms with Crippen molar-refractivity contribution in [3.8, 4) is 5.82 Å². The van der Waals surface area contributed by atoms with Gasteiger partial charge in [0.2, 0.25) is 0 Å². The Morgan fingerprint density at radius 2 is 1.79 bits per heavy atom. The number of rotatable bonds is 3. The van der Waals surface area contributed by atoms with E-state index in [1.807, 2.05) is 61.0 Å². The molecule has 5 aromatic rings. The summed E-state index contributed by atoms with van der Waals surface area (Å²) in [5, 5.41) is 6.00. The first-order chi connectivity index (χ1) is 13.6. The summed E-state index contributed by atoms with van der Waals surface area (Å²) in [5.41, 5.74) is 4.45. The van der Waals surface area contributed by atoms with Crippen molar-refractivity contribution in [3.63, 3.8) is 0 Å². The van der Waals surface area contributed by atoms with Gasteiger partial charge in [0.1, 0.15) is 5.03 Å². The summed E-state index contributed by atoms with van der Waals surface area (Å²) >= 11 is 9.32. The third kappa shape index (κ3) is 3.15. The fraction of sp³-hybridized carbons (Fsp3) is 0.100. The van der Waals surface area contributed by atoms with Gasteiger partial charge in [0.05, 0.1) is 26.9 Å². The molecule has 0 atom stereocenters. The Bertz CT molecular complexity index is 1310. The molecule has 0 aliphatic heterocycles. The third-order valence-corrected chi connectivity index (χ3v) is 6.54. The number of halogens is 1. The topological polar surface area (TPSA) is 56.5 Å². The Hall–Kier alpha value is -2.48. The highest BCUT2D eigenvalue weighted by atomic mass is 35.5. The van der Waals surface area contributed by atoms with Crippen molar-refractivity contribution >= 4 is 55.9 Å². The molecule has 0 fully saturated rings. The lowest BCUT2D eigenvalue weighted by atomic mass is 10.3. The van der Waals surface area contributed by atoms with E-state index < -0.39 is 0 Å². The van der Waals surface area contributed by atoms with Crippen LogP contribution < -0.4 is 0 Å². The van der Waals surface area contributed by atoms with Crippen LogP contribution in [0.4, 0.5) is 0 Å². The Balaban J connectivity index is 1.70. The second-order valence-corrected chi connectivity index (χ2v) is 9.08. The normalized spacial score (nSPS) is 11.5. The van der Waals surface area contributed by atoms with Gasteiger partial charge in [-0.15, -0.1) is 11.3 Å². The summed E-state index contributed by atoms with van der Waals surface area (Å²) in [7, 11) is 0. The molecule has 2 aromatic carbocycles. The van der Waals surface area contributed by atoms with Crippen molar-refractivity contribution in [1.29, 1.82) is 0 Å². The van der Waals surface area contributed by atoms with E-state index in [4.69, 9.17) is 26.6 Å². The maximum Gasteiger partial charge on any atom is 0.187 e. The zero-order chi connectivity index (χ0) is 19.3. The van der Waals surface area contributed by atoms with Crippen LogP contribution in [-0.2, 0) is 0 Å². The van der Waals surface area contributed by atoms with E-state index >= 15 is 0 Å². The first-order valence-corrected chi connectivity index (χ1v) is 10.6. The van der Waals surface area contributed by atoms with Crippen molar-refractivity contribution in [2.24, 2.45) is 0 Å². The van der Waals surface area contributed by atoms with Gasteiger partial charge in [0, 0.05) is 10.7 Å². The van der Waals surface area contributed by atoms with Crippen LogP contribution in [0.1, 0.15) is 11.4 Å². The molecule has 0 radical (unpaired) electrons. The molecule has 0 unspecified atom stereocenters. The maximum atomic E-state index is 6.16. The minimum absolute atomic E-state index is 0.632. The van der Waals surface area contributed by atoms with Crippen LogP contribution in [0.2, 0.25) is 5.02 Å². The summed E-state index contributed by atoms with van der Waals surface area (Å²) in [6, 6.07) is 15.7. The van der Waals surface area contributed by atoms with E-state index in [2.05, 4.69) is 11.2 Å². The Morgan fingerprint density at radius 1 is 0.929 bits per heavy atom. The van der Waals surface area contributed by atoms with Gasteiger partial charge in [0.25, 0.3) is 0 Å². The predicted molar refractivity (Wildman–Crippen MR) is 115 cm³/mol. The molecule has 3 heterocycles. The van der Waals surface area contributed by atoms with Gasteiger partial charge in [-0.2, -0.15) is 5.10 Å². The highest BCUT2D eigenvalue weighted by molar-refractivity contribution is 8.01. The number of benzene rings is 2. The lowest BCUT2D eigenvalue weighted by Gasteiger charge is -2.10. The second-order valence-electron chi connectivity index (χ2n) is 6.37. The SMILES string of the molecule is Cc1cc(C)n(-c2nc3cc(Cl)ccc3nc2Sc2nc3ccccc3s2)n1. The molecular weight excluding hydrogens is 410 g/mol. The summed E-state index contributed by atoms with van der Waals surface area (Å²) in [5.74, 6) is 0.685. The van der Waals surface area contributed by atoms with Gasteiger partial charge in [-0.3, -0.25) is 0 Å². The molecule has 0 saturated carbocycles. The van der Waals surface area contributed by atoms with Crippen LogP contribution in [0.3, 0.4) is 0 Å². The van der Waals surface area contributed by atoms with Crippen molar-refractivity contribution < 1.29 is 0 Å². The standard InChI is InChI=1S/C20H14ClN5S2/c1-11-9-12(2)26(25-11)18-19(23-14-8-7-13(21)10-16(14)22-18)28-20-24-15-5-3-4-6-17(15)27-20/h3-10H,1-2H3. The van der Waals surface area contributed by atoms with Gasteiger partial charge < -0.3 is 0 Å². The summed E-state index contributed by atoms with van der Waals surface area (Å²) in [6.45, 7) is 3.98. The lowest BCUT2D eigenvalue weighted by molar-refractivity contribution is 0.780. The quantitative estimate of drug-likeness (QED) is 0.364. The van der Waals surface area contributed by atoms with Crippen molar-refractivity contribution in [2.75, 3.05) is 0 Å². The smallest absolute Gasteiger partial charge is 0.187 e. The Labute approximate surface area is 174 Å². The minimum atomic E-state index is 0.632. The van der Waals surface area contributed by atoms with Crippen molar-refractivity contribution in [3.05, 3.63) is 64.9 Å². The molecule has 5 nitrogen and oxygen atoms in total. The largest absolute Gasteiger partial charge is 0.235 e. The zero-order valence-corrected chi connectivity index (χ0v) is 17.4.